The van der Waals surface area contributed by atoms with Crippen molar-refractivity contribution in [3.05, 3.63) is 17.9 Å². The van der Waals surface area contributed by atoms with E-state index in [0.717, 1.165) is 12.5 Å². The molecule has 0 fully saturated rings. The summed E-state index contributed by atoms with van der Waals surface area (Å²) < 4.78 is 18.7. The van der Waals surface area contributed by atoms with Crippen molar-refractivity contribution in [3.8, 4) is 5.75 Å². The molecule has 0 bridgehead atoms. The number of carbonyl (C=O) groups excluding carboxylic acids is 1. The van der Waals surface area contributed by atoms with Gasteiger partial charge in [0.25, 0.3) is 0 Å². The van der Waals surface area contributed by atoms with Crippen molar-refractivity contribution in [2.45, 2.75) is 26.3 Å². The number of nitrogens with one attached hydrogen (secondary N) is 2. The predicted octanol–water partition coefficient (Wildman–Crippen LogP) is 1.74. The van der Waals surface area contributed by atoms with Gasteiger partial charge in [-0.15, -0.1) is 0 Å². The molecule has 5 nitrogen and oxygen atoms in total. The number of nitrogens with two attached hydrogens (primary N) is 1. The first-order valence-corrected chi connectivity index (χ1v) is 6.16. The molecule has 6 heteroatoms. The number of anilines is 2. The van der Waals surface area contributed by atoms with Crippen molar-refractivity contribution < 1.29 is 13.9 Å². The number of benzene rings is 1. The SMILES string of the molecule is CCCNC(=O)C(C)Nc1cc(OC)c(N)cc1F. The lowest BCUT2D eigenvalue weighted by Crippen LogP contribution is -2.38. The highest BCUT2D eigenvalue weighted by Gasteiger charge is 2.15. The molecule has 0 saturated heterocycles. The number of carbonyl (C=O) groups is 1. The molecule has 106 valence electrons. The van der Waals surface area contributed by atoms with Gasteiger partial charge in [0.1, 0.15) is 17.6 Å². The number of hydrogen-bond donors (Lipinski definition) is 3. The molecule has 0 radical (unpaired) electrons. The summed E-state index contributed by atoms with van der Waals surface area (Å²) in [7, 11) is 1.45. The molecule has 0 aliphatic heterocycles. The number of nitrogen functional groups attached to an aromatic ring is 1. The fraction of sp³-hybridized carbons (Fsp3) is 0.462. The zero-order valence-electron chi connectivity index (χ0n) is 11.4. The maximum Gasteiger partial charge on any atom is 0.242 e. The molecule has 19 heavy (non-hydrogen) atoms. The molecule has 1 aromatic carbocycles. The minimum Gasteiger partial charge on any atom is -0.495 e. The van der Waals surface area contributed by atoms with Crippen LogP contribution in [0.4, 0.5) is 15.8 Å². The summed E-state index contributed by atoms with van der Waals surface area (Å²) in [4.78, 5) is 11.7. The van der Waals surface area contributed by atoms with Crippen molar-refractivity contribution in [3.63, 3.8) is 0 Å². The Labute approximate surface area is 112 Å². The monoisotopic (exact) mass is 269 g/mol. The lowest BCUT2D eigenvalue weighted by molar-refractivity contribution is -0.121. The molecule has 1 rings (SSSR count). The average molecular weight is 269 g/mol. The fourth-order valence-electron chi connectivity index (χ4n) is 1.56. The summed E-state index contributed by atoms with van der Waals surface area (Å²) in [6, 6.07) is 2.06. The molecule has 1 aromatic rings. The number of hydrogen-bond acceptors (Lipinski definition) is 4. The van der Waals surface area contributed by atoms with Gasteiger partial charge in [-0.1, -0.05) is 6.92 Å². The highest BCUT2D eigenvalue weighted by molar-refractivity contribution is 5.84. The van der Waals surface area contributed by atoms with Crippen LogP contribution in [0.3, 0.4) is 0 Å². The number of amides is 1. The van der Waals surface area contributed by atoms with Crippen LogP contribution in [0.2, 0.25) is 0 Å². The number of halogens is 1. The van der Waals surface area contributed by atoms with Gasteiger partial charge >= 0.3 is 0 Å². The van der Waals surface area contributed by atoms with E-state index in [4.69, 9.17) is 10.5 Å². The highest BCUT2D eigenvalue weighted by atomic mass is 19.1. The molecule has 0 aromatic heterocycles. The average Bonchev–Trinajstić information content (AvgIpc) is 2.38. The standard InChI is InChI=1S/C13H20FN3O2/c1-4-5-16-13(18)8(2)17-11-7-12(19-3)10(15)6-9(11)14/h6-8,17H,4-5,15H2,1-3H3,(H,16,18). The van der Waals surface area contributed by atoms with E-state index in [9.17, 15) is 9.18 Å². The van der Waals surface area contributed by atoms with E-state index in [-0.39, 0.29) is 17.3 Å². The Morgan fingerprint density at radius 2 is 2.21 bits per heavy atom. The molecule has 1 atom stereocenters. The topological polar surface area (TPSA) is 76.4 Å². The van der Waals surface area contributed by atoms with Crippen LogP contribution in [-0.4, -0.2) is 25.6 Å². The van der Waals surface area contributed by atoms with Crippen LogP contribution < -0.4 is 21.1 Å². The Morgan fingerprint density at radius 1 is 1.53 bits per heavy atom. The van der Waals surface area contributed by atoms with Crippen molar-refractivity contribution in [1.29, 1.82) is 0 Å². The molecule has 0 heterocycles. The molecule has 1 unspecified atom stereocenters. The zero-order chi connectivity index (χ0) is 14.4. The van der Waals surface area contributed by atoms with Crippen LogP contribution >= 0.6 is 0 Å². The molecule has 0 aliphatic carbocycles. The summed E-state index contributed by atoms with van der Waals surface area (Å²) in [6.45, 7) is 4.22. The Balaban J connectivity index is 2.78. The smallest absolute Gasteiger partial charge is 0.242 e. The highest BCUT2D eigenvalue weighted by Crippen LogP contribution is 2.28. The fourth-order valence-corrected chi connectivity index (χ4v) is 1.56. The second-order valence-corrected chi connectivity index (χ2v) is 4.23. The van der Waals surface area contributed by atoms with Gasteiger partial charge < -0.3 is 21.1 Å². The van der Waals surface area contributed by atoms with E-state index in [0.29, 0.717) is 12.3 Å². The van der Waals surface area contributed by atoms with Crippen LogP contribution in [0.15, 0.2) is 12.1 Å². The second-order valence-electron chi connectivity index (χ2n) is 4.23. The van der Waals surface area contributed by atoms with E-state index in [2.05, 4.69) is 10.6 Å². The minimum atomic E-state index is -0.547. The van der Waals surface area contributed by atoms with Crippen molar-refractivity contribution in [2.24, 2.45) is 0 Å². The van der Waals surface area contributed by atoms with E-state index in [1.807, 2.05) is 6.92 Å². The van der Waals surface area contributed by atoms with Crippen molar-refractivity contribution in [1.82, 2.24) is 5.32 Å². The summed E-state index contributed by atoms with van der Waals surface area (Å²) in [5.74, 6) is -0.337. The lowest BCUT2D eigenvalue weighted by atomic mass is 10.2. The van der Waals surface area contributed by atoms with Crippen molar-refractivity contribution >= 4 is 17.3 Å². The predicted molar refractivity (Wildman–Crippen MR) is 73.7 cm³/mol. The third kappa shape index (κ3) is 4.01. The zero-order valence-corrected chi connectivity index (χ0v) is 11.4. The quantitative estimate of drug-likeness (QED) is 0.688. The van der Waals surface area contributed by atoms with Crippen LogP contribution in [0.5, 0.6) is 5.75 Å². The summed E-state index contributed by atoms with van der Waals surface area (Å²) in [5, 5.41) is 5.53. The molecule has 0 saturated carbocycles. The third-order valence-electron chi connectivity index (χ3n) is 2.63. The number of methoxy groups -OCH3 is 1. The van der Waals surface area contributed by atoms with E-state index >= 15 is 0 Å². The molecular weight excluding hydrogens is 249 g/mol. The molecule has 0 spiro atoms. The number of rotatable bonds is 6. The third-order valence-corrected chi connectivity index (χ3v) is 2.63. The summed E-state index contributed by atoms with van der Waals surface area (Å²) >= 11 is 0. The van der Waals surface area contributed by atoms with Gasteiger partial charge in [-0.2, -0.15) is 0 Å². The second kappa shape index (κ2) is 6.82. The molecular formula is C13H20FN3O2. The Hall–Kier alpha value is -1.98. The maximum atomic E-state index is 13.7. The van der Waals surface area contributed by atoms with E-state index in [1.54, 1.807) is 6.92 Å². The largest absolute Gasteiger partial charge is 0.495 e. The lowest BCUT2D eigenvalue weighted by Gasteiger charge is -2.16. The summed E-state index contributed by atoms with van der Waals surface area (Å²) in [5.41, 5.74) is 5.99. The minimum absolute atomic E-state index is 0.183. The van der Waals surface area contributed by atoms with Gasteiger partial charge in [0.05, 0.1) is 18.5 Å². The first-order chi connectivity index (χ1) is 8.99. The molecule has 1 amide bonds. The van der Waals surface area contributed by atoms with Crippen LogP contribution in [0.25, 0.3) is 0 Å². The summed E-state index contributed by atoms with van der Waals surface area (Å²) in [6.07, 6.45) is 0.850. The molecule has 4 N–H and O–H groups in total. The number of ether oxygens (including phenoxy) is 1. The Bertz CT molecular complexity index is 452. The first-order valence-electron chi connectivity index (χ1n) is 6.16. The maximum absolute atomic E-state index is 13.7. The van der Waals surface area contributed by atoms with Crippen LogP contribution in [0.1, 0.15) is 20.3 Å². The van der Waals surface area contributed by atoms with Gasteiger partial charge in [0.2, 0.25) is 5.91 Å². The van der Waals surface area contributed by atoms with Gasteiger partial charge in [-0.25, -0.2) is 4.39 Å². The van der Waals surface area contributed by atoms with Gasteiger partial charge in [-0.3, -0.25) is 4.79 Å². The van der Waals surface area contributed by atoms with Crippen LogP contribution in [0, 0.1) is 5.82 Å². The Kier molecular flexibility index (Phi) is 5.41. The van der Waals surface area contributed by atoms with E-state index < -0.39 is 11.9 Å². The van der Waals surface area contributed by atoms with Gasteiger partial charge in [-0.05, 0) is 13.3 Å². The first kappa shape index (κ1) is 15.1. The van der Waals surface area contributed by atoms with E-state index in [1.165, 1.54) is 13.2 Å². The van der Waals surface area contributed by atoms with Crippen molar-refractivity contribution in [2.75, 3.05) is 24.7 Å². The van der Waals surface area contributed by atoms with Gasteiger partial charge in [0, 0.05) is 18.7 Å². The normalized spacial score (nSPS) is 11.8. The Morgan fingerprint density at radius 3 is 2.79 bits per heavy atom. The molecule has 0 aliphatic rings. The van der Waals surface area contributed by atoms with Crippen LogP contribution in [-0.2, 0) is 4.79 Å². The van der Waals surface area contributed by atoms with Gasteiger partial charge in [0.15, 0.2) is 0 Å².